The smallest absolute Gasteiger partial charge is 0.252 e. The Bertz CT molecular complexity index is 811. The van der Waals surface area contributed by atoms with Gasteiger partial charge in [-0.3, -0.25) is 9.59 Å². The number of aryl methyl sites for hydroxylation is 2. The van der Waals surface area contributed by atoms with Crippen LogP contribution >= 0.6 is 0 Å². The van der Waals surface area contributed by atoms with Crippen LogP contribution in [0.25, 0.3) is 0 Å². The quantitative estimate of drug-likeness (QED) is 0.930. The van der Waals surface area contributed by atoms with Crippen molar-refractivity contribution in [2.75, 3.05) is 11.4 Å². The van der Waals surface area contributed by atoms with Crippen molar-refractivity contribution in [2.24, 2.45) is 0 Å². The van der Waals surface area contributed by atoms with Gasteiger partial charge in [-0.2, -0.15) is 0 Å². The minimum absolute atomic E-state index is 0.143. The molecule has 1 aliphatic heterocycles. The number of rotatable bonds is 3. The van der Waals surface area contributed by atoms with Crippen LogP contribution in [0.15, 0.2) is 36.4 Å². The molecular weight excluding hydrogens is 326 g/mol. The lowest BCUT2D eigenvalue weighted by Crippen LogP contribution is -2.41. The standard InChI is InChI=1S/C19H18F2N2O2/c1-11-5-12(2)7-16(6-11)23-4-3-17(19(23)25)22-18(24)13-8-14(20)10-15(21)9-13/h5-10,17H,3-4H2,1-2H3,(H,22,24). The van der Waals surface area contributed by atoms with E-state index >= 15 is 0 Å². The van der Waals surface area contributed by atoms with Crippen LogP contribution in [0.3, 0.4) is 0 Å². The molecule has 1 atom stereocenters. The average Bonchev–Trinajstić information content (AvgIpc) is 2.86. The summed E-state index contributed by atoms with van der Waals surface area (Å²) < 4.78 is 26.5. The molecule has 0 bridgehead atoms. The van der Waals surface area contributed by atoms with E-state index in [1.54, 1.807) is 4.90 Å². The minimum atomic E-state index is -0.834. The van der Waals surface area contributed by atoms with Gasteiger partial charge >= 0.3 is 0 Å². The molecule has 0 saturated carbocycles. The summed E-state index contributed by atoms with van der Waals surface area (Å²) in [6.45, 7) is 4.38. The van der Waals surface area contributed by atoms with Gasteiger partial charge in [-0.15, -0.1) is 0 Å². The molecular formula is C19H18F2N2O2. The first-order chi connectivity index (χ1) is 11.8. The van der Waals surface area contributed by atoms with Gasteiger partial charge in [0, 0.05) is 23.9 Å². The van der Waals surface area contributed by atoms with Crippen molar-refractivity contribution in [1.82, 2.24) is 5.32 Å². The van der Waals surface area contributed by atoms with Gasteiger partial charge < -0.3 is 10.2 Å². The summed E-state index contributed by atoms with van der Waals surface area (Å²) in [5.74, 6) is -2.56. The lowest BCUT2D eigenvalue weighted by Gasteiger charge is -2.18. The van der Waals surface area contributed by atoms with Gasteiger partial charge in [-0.05, 0) is 55.7 Å². The molecule has 4 nitrogen and oxygen atoms in total. The summed E-state index contributed by atoms with van der Waals surface area (Å²) in [7, 11) is 0. The van der Waals surface area contributed by atoms with E-state index in [1.807, 2.05) is 32.0 Å². The van der Waals surface area contributed by atoms with Crippen LogP contribution in [-0.2, 0) is 4.79 Å². The lowest BCUT2D eigenvalue weighted by atomic mass is 10.1. The van der Waals surface area contributed by atoms with Crippen molar-refractivity contribution in [3.63, 3.8) is 0 Å². The zero-order valence-corrected chi connectivity index (χ0v) is 14.0. The number of nitrogens with one attached hydrogen (secondary N) is 1. The van der Waals surface area contributed by atoms with Crippen LogP contribution in [0.2, 0.25) is 0 Å². The second-order valence-corrected chi connectivity index (χ2v) is 6.31. The van der Waals surface area contributed by atoms with Crippen LogP contribution < -0.4 is 10.2 Å². The SMILES string of the molecule is Cc1cc(C)cc(N2CCC(NC(=O)c3cc(F)cc(F)c3)C2=O)c1. The predicted molar refractivity (Wildman–Crippen MR) is 90.5 cm³/mol. The number of halogens is 2. The van der Waals surface area contributed by atoms with Crippen LogP contribution in [0.5, 0.6) is 0 Å². The number of carbonyl (C=O) groups excluding carboxylic acids is 2. The van der Waals surface area contributed by atoms with Gasteiger partial charge in [0.25, 0.3) is 5.91 Å². The molecule has 3 rings (SSSR count). The number of benzene rings is 2. The Morgan fingerprint density at radius 3 is 2.24 bits per heavy atom. The van der Waals surface area contributed by atoms with Crippen LogP contribution in [0.1, 0.15) is 27.9 Å². The zero-order chi connectivity index (χ0) is 18.1. The molecule has 1 aliphatic rings. The van der Waals surface area contributed by atoms with Gasteiger partial charge in [0.1, 0.15) is 17.7 Å². The number of carbonyl (C=O) groups is 2. The number of anilines is 1. The first-order valence-electron chi connectivity index (χ1n) is 8.00. The largest absolute Gasteiger partial charge is 0.340 e. The van der Waals surface area contributed by atoms with E-state index < -0.39 is 23.6 Å². The summed E-state index contributed by atoms with van der Waals surface area (Å²) in [6, 6.07) is 7.72. The van der Waals surface area contributed by atoms with Crippen molar-refractivity contribution in [1.29, 1.82) is 0 Å². The van der Waals surface area contributed by atoms with E-state index in [4.69, 9.17) is 0 Å². The Labute approximate surface area is 144 Å². The molecule has 25 heavy (non-hydrogen) atoms. The maximum Gasteiger partial charge on any atom is 0.252 e. The summed E-state index contributed by atoms with van der Waals surface area (Å²) in [5.41, 5.74) is 2.74. The Kier molecular flexibility index (Phi) is 4.53. The van der Waals surface area contributed by atoms with Gasteiger partial charge in [-0.1, -0.05) is 6.07 Å². The van der Waals surface area contributed by atoms with Crippen molar-refractivity contribution in [3.8, 4) is 0 Å². The number of hydrogen-bond donors (Lipinski definition) is 1. The van der Waals surface area contributed by atoms with E-state index in [2.05, 4.69) is 5.32 Å². The highest BCUT2D eigenvalue weighted by atomic mass is 19.1. The molecule has 2 aromatic carbocycles. The van der Waals surface area contributed by atoms with Crippen LogP contribution in [0.4, 0.5) is 14.5 Å². The molecule has 0 aliphatic carbocycles. The fraction of sp³-hybridized carbons (Fsp3) is 0.263. The molecule has 1 unspecified atom stereocenters. The van der Waals surface area contributed by atoms with E-state index in [1.165, 1.54) is 0 Å². The normalized spacial score (nSPS) is 17.0. The van der Waals surface area contributed by atoms with E-state index in [0.29, 0.717) is 19.0 Å². The monoisotopic (exact) mass is 344 g/mol. The minimum Gasteiger partial charge on any atom is -0.340 e. The van der Waals surface area contributed by atoms with Crippen molar-refractivity contribution in [2.45, 2.75) is 26.3 Å². The second-order valence-electron chi connectivity index (χ2n) is 6.31. The van der Waals surface area contributed by atoms with E-state index in [0.717, 1.165) is 28.9 Å². The van der Waals surface area contributed by atoms with Gasteiger partial charge in [-0.25, -0.2) is 8.78 Å². The molecule has 0 radical (unpaired) electrons. The molecule has 6 heteroatoms. The topological polar surface area (TPSA) is 49.4 Å². The zero-order valence-electron chi connectivity index (χ0n) is 14.0. The van der Waals surface area contributed by atoms with Crippen molar-refractivity contribution < 1.29 is 18.4 Å². The number of amides is 2. The number of hydrogen-bond acceptors (Lipinski definition) is 2. The van der Waals surface area contributed by atoms with Gasteiger partial charge in [0.15, 0.2) is 0 Å². The Morgan fingerprint density at radius 2 is 1.64 bits per heavy atom. The van der Waals surface area contributed by atoms with E-state index in [-0.39, 0.29) is 11.5 Å². The molecule has 1 saturated heterocycles. The lowest BCUT2D eigenvalue weighted by molar-refractivity contribution is -0.118. The Morgan fingerprint density at radius 1 is 1.04 bits per heavy atom. The van der Waals surface area contributed by atoms with Crippen molar-refractivity contribution >= 4 is 17.5 Å². The van der Waals surface area contributed by atoms with Gasteiger partial charge in [0.2, 0.25) is 5.91 Å². The molecule has 2 amide bonds. The summed E-state index contributed by atoms with van der Waals surface area (Å²) in [6.07, 6.45) is 0.440. The summed E-state index contributed by atoms with van der Waals surface area (Å²) in [4.78, 5) is 26.4. The van der Waals surface area contributed by atoms with E-state index in [9.17, 15) is 18.4 Å². The molecule has 1 heterocycles. The number of nitrogens with zero attached hydrogens (tertiary/aromatic N) is 1. The van der Waals surface area contributed by atoms with Crippen molar-refractivity contribution in [3.05, 3.63) is 64.7 Å². The highest BCUT2D eigenvalue weighted by molar-refractivity contribution is 6.04. The Hall–Kier alpha value is -2.76. The predicted octanol–water partition coefficient (Wildman–Crippen LogP) is 3.12. The Balaban J connectivity index is 1.74. The third-order valence-corrected chi connectivity index (χ3v) is 4.15. The third kappa shape index (κ3) is 3.68. The highest BCUT2D eigenvalue weighted by Crippen LogP contribution is 2.24. The molecule has 1 fully saturated rings. The van der Waals surface area contributed by atoms with Crippen LogP contribution in [0, 0.1) is 25.5 Å². The molecule has 0 aromatic heterocycles. The summed E-state index contributed by atoms with van der Waals surface area (Å²) >= 11 is 0. The van der Waals surface area contributed by atoms with Crippen LogP contribution in [-0.4, -0.2) is 24.4 Å². The third-order valence-electron chi connectivity index (χ3n) is 4.15. The molecule has 0 spiro atoms. The molecule has 130 valence electrons. The first kappa shape index (κ1) is 17.1. The fourth-order valence-electron chi connectivity index (χ4n) is 3.10. The summed E-state index contributed by atoms with van der Waals surface area (Å²) in [5, 5.41) is 2.56. The first-order valence-corrected chi connectivity index (χ1v) is 8.00. The molecule has 1 N–H and O–H groups in total. The highest BCUT2D eigenvalue weighted by Gasteiger charge is 2.34. The maximum absolute atomic E-state index is 13.2. The second kappa shape index (κ2) is 6.63. The fourth-order valence-corrected chi connectivity index (χ4v) is 3.10. The molecule has 2 aromatic rings. The van der Waals surface area contributed by atoms with Gasteiger partial charge in [0.05, 0.1) is 0 Å². The maximum atomic E-state index is 13.2. The average molecular weight is 344 g/mol.